The Labute approximate surface area is 123 Å². The highest BCUT2D eigenvalue weighted by Gasteiger charge is 2.43. The van der Waals surface area contributed by atoms with Gasteiger partial charge in [0.15, 0.2) is 0 Å². The topological polar surface area (TPSA) is 75.7 Å². The van der Waals surface area contributed by atoms with Crippen LogP contribution in [0.25, 0.3) is 0 Å². The number of sulfonamides is 1. The van der Waals surface area contributed by atoms with Crippen molar-refractivity contribution in [3.05, 3.63) is 0 Å². The van der Waals surface area contributed by atoms with Gasteiger partial charge in [-0.25, -0.2) is 26.7 Å². The molecule has 0 radical (unpaired) electrons. The van der Waals surface area contributed by atoms with Crippen molar-refractivity contribution in [2.24, 2.45) is 5.92 Å². The third-order valence-electron chi connectivity index (χ3n) is 2.77. The Kier molecular flexibility index (Phi) is 5.20. The molecule has 1 fully saturated rings. The Morgan fingerprint density at radius 3 is 2.48 bits per heavy atom. The van der Waals surface area contributed by atoms with E-state index in [9.17, 15) is 22.0 Å². The average Bonchev–Trinajstić information content (AvgIpc) is 2.21. The van der Waals surface area contributed by atoms with Gasteiger partial charge < -0.3 is 9.64 Å². The van der Waals surface area contributed by atoms with Crippen LogP contribution in [-0.4, -0.2) is 56.8 Å². The predicted molar refractivity (Wildman–Crippen MR) is 73.7 cm³/mol. The lowest BCUT2D eigenvalue weighted by Crippen LogP contribution is -2.52. The second kappa shape index (κ2) is 6.04. The van der Waals surface area contributed by atoms with Crippen LogP contribution in [0.15, 0.2) is 0 Å². The number of piperidine rings is 1. The van der Waals surface area contributed by atoms with Crippen LogP contribution in [-0.2, 0) is 14.8 Å². The summed E-state index contributed by atoms with van der Waals surface area (Å²) < 4.78 is 56.7. The SMILES string of the molecule is CC(C)(C)OC(=O)N1CC(CNS(C)(=O)=O)CC(F)(F)C1. The number of rotatable bonds is 3. The van der Waals surface area contributed by atoms with E-state index in [0.29, 0.717) is 0 Å². The first-order valence-electron chi connectivity index (χ1n) is 6.58. The quantitative estimate of drug-likeness (QED) is 0.850. The predicted octanol–water partition coefficient (Wildman–Crippen LogP) is 1.43. The molecular formula is C12H22F2N2O4S. The molecule has 0 bridgehead atoms. The first-order chi connectivity index (χ1) is 9.27. The molecule has 0 saturated carbocycles. The monoisotopic (exact) mass is 328 g/mol. The van der Waals surface area contributed by atoms with E-state index >= 15 is 0 Å². The zero-order valence-electron chi connectivity index (χ0n) is 12.7. The van der Waals surface area contributed by atoms with Gasteiger partial charge in [-0.2, -0.15) is 0 Å². The number of hydrogen-bond donors (Lipinski definition) is 1. The number of likely N-dealkylation sites (tertiary alicyclic amines) is 1. The zero-order chi connectivity index (χ0) is 16.5. The van der Waals surface area contributed by atoms with Crippen LogP contribution in [0.2, 0.25) is 0 Å². The normalized spacial score (nSPS) is 23.0. The van der Waals surface area contributed by atoms with Crippen LogP contribution < -0.4 is 4.72 Å². The van der Waals surface area contributed by atoms with Crippen LogP contribution >= 0.6 is 0 Å². The number of carbonyl (C=O) groups is 1. The lowest BCUT2D eigenvalue weighted by Gasteiger charge is -2.38. The first kappa shape index (κ1) is 18.1. The summed E-state index contributed by atoms with van der Waals surface area (Å²) >= 11 is 0. The van der Waals surface area contributed by atoms with Gasteiger partial charge in [0.25, 0.3) is 5.92 Å². The summed E-state index contributed by atoms with van der Waals surface area (Å²) in [7, 11) is -3.46. The molecule has 0 aromatic rings. The lowest BCUT2D eigenvalue weighted by atomic mass is 9.96. The van der Waals surface area contributed by atoms with Crippen LogP contribution in [0, 0.1) is 5.92 Å². The molecule has 1 rings (SSSR count). The smallest absolute Gasteiger partial charge is 0.410 e. The molecule has 1 unspecified atom stereocenters. The summed E-state index contributed by atoms with van der Waals surface area (Å²) in [5, 5.41) is 0. The van der Waals surface area contributed by atoms with Gasteiger partial charge in [-0.3, -0.25) is 0 Å². The first-order valence-corrected chi connectivity index (χ1v) is 8.47. The summed E-state index contributed by atoms with van der Waals surface area (Å²) in [5.74, 6) is -3.71. The molecule has 1 N–H and O–H groups in total. The van der Waals surface area contributed by atoms with Crippen LogP contribution in [0.3, 0.4) is 0 Å². The van der Waals surface area contributed by atoms with Crippen LogP contribution in [0.1, 0.15) is 27.2 Å². The Hall–Kier alpha value is -0.960. The summed E-state index contributed by atoms with van der Waals surface area (Å²) in [4.78, 5) is 12.8. The van der Waals surface area contributed by atoms with Crippen molar-refractivity contribution in [1.82, 2.24) is 9.62 Å². The van der Waals surface area contributed by atoms with Gasteiger partial charge in [-0.15, -0.1) is 0 Å². The van der Waals surface area contributed by atoms with Crippen molar-refractivity contribution in [2.75, 3.05) is 25.9 Å². The number of hydrogen-bond acceptors (Lipinski definition) is 4. The zero-order valence-corrected chi connectivity index (χ0v) is 13.5. The number of halogens is 2. The van der Waals surface area contributed by atoms with Gasteiger partial charge in [-0.1, -0.05) is 0 Å². The number of nitrogens with zero attached hydrogens (tertiary/aromatic N) is 1. The van der Waals surface area contributed by atoms with Crippen LogP contribution in [0.5, 0.6) is 0 Å². The summed E-state index contributed by atoms with van der Waals surface area (Å²) in [5.41, 5.74) is -0.773. The second-order valence-electron chi connectivity index (χ2n) is 6.41. The van der Waals surface area contributed by atoms with E-state index < -0.39 is 46.5 Å². The van der Waals surface area contributed by atoms with Crippen molar-refractivity contribution in [1.29, 1.82) is 0 Å². The molecule has 9 heteroatoms. The Morgan fingerprint density at radius 1 is 1.43 bits per heavy atom. The maximum atomic E-state index is 13.7. The standard InChI is InChI=1S/C12H22F2N2O4S/c1-11(2,3)20-10(17)16-7-9(5-12(13,14)8-16)6-15-21(4,18)19/h9,15H,5-8H2,1-4H3. The van der Waals surface area contributed by atoms with Gasteiger partial charge in [0.05, 0.1) is 12.8 Å². The van der Waals surface area contributed by atoms with Crippen molar-refractivity contribution in [3.63, 3.8) is 0 Å². The Morgan fingerprint density at radius 2 is 2.00 bits per heavy atom. The van der Waals surface area contributed by atoms with E-state index in [1.807, 2.05) is 0 Å². The number of alkyl halides is 2. The Balaban J connectivity index is 2.71. The molecule has 21 heavy (non-hydrogen) atoms. The highest BCUT2D eigenvalue weighted by atomic mass is 32.2. The van der Waals surface area contributed by atoms with Gasteiger partial charge in [0, 0.05) is 19.5 Å². The highest BCUT2D eigenvalue weighted by molar-refractivity contribution is 7.88. The van der Waals surface area contributed by atoms with Gasteiger partial charge >= 0.3 is 6.09 Å². The number of nitrogens with one attached hydrogen (secondary N) is 1. The molecule has 1 heterocycles. The van der Waals surface area contributed by atoms with Crippen molar-refractivity contribution >= 4 is 16.1 Å². The molecular weight excluding hydrogens is 306 g/mol. The van der Waals surface area contributed by atoms with E-state index in [0.717, 1.165) is 11.2 Å². The van der Waals surface area contributed by atoms with E-state index in [1.165, 1.54) is 0 Å². The van der Waals surface area contributed by atoms with Gasteiger partial charge in [0.1, 0.15) is 5.60 Å². The fourth-order valence-corrected chi connectivity index (χ4v) is 2.62. The maximum Gasteiger partial charge on any atom is 0.410 e. The second-order valence-corrected chi connectivity index (χ2v) is 8.24. The minimum Gasteiger partial charge on any atom is -0.444 e. The van der Waals surface area contributed by atoms with Gasteiger partial charge in [-0.05, 0) is 26.7 Å². The molecule has 0 aliphatic carbocycles. The van der Waals surface area contributed by atoms with Crippen molar-refractivity contribution in [3.8, 4) is 0 Å². The largest absolute Gasteiger partial charge is 0.444 e. The molecule has 1 saturated heterocycles. The summed E-state index contributed by atoms with van der Waals surface area (Å²) in [6.45, 7) is 4.14. The summed E-state index contributed by atoms with van der Waals surface area (Å²) in [6, 6.07) is 0. The lowest BCUT2D eigenvalue weighted by molar-refractivity contribution is -0.0855. The molecule has 124 valence electrons. The molecule has 1 aliphatic rings. The van der Waals surface area contributed by atoms with Crippen molar-refractivity contribution < 1.29 is 26.7 Å². The Bertz CT molecular complexity index is 488. The minimum absolute atomic E-state index is 0.0347. The maximum absolute atomic E-state index is 13.7. The summed E-state index contributed by atoms with van der Waals surface area (Å²) in [6.07, 6.45) is -0.319. The fourth-order valence-electron chi connectivity index (χ4n) is 2.08. The van der Waals surface area contributed by atoms with Crippen LogP contribution in [0.4, 0.5) is 13.6 Å². The average molecular weight is 328 g/mol. The van der Waals surface area contributed by atoms with Crippen molar-refractivity contribution in [2.45, 2.75) is 38.7 Å². The molecule has 1 aliphatic heterocycles. The molecule has 1 amide bonds. The molecule has 0 spiro atoms. The number of amides is 1. The molecule has 0 aromatic carbocycles. The van der Waals surface area contributed by atoms with Gasteiger partial charge in [0.2, 0.25) is 10.0 Å². The van der Waals surface area contributed by atoms with E-state index in [1.54, 1.807) is 20.8 Å². The fraction of sp³-hybridized carbons (Fsp3) is 0.917. The van der Waals surface area contributed by atoms with E-state index in [2.05, 4.69) is 4.72 Å². The molecule has 0 aromatic heterocycles. The van der Waals surface area contributed by atoms with E-state index in [4.69, 9.17) is 4.74 Å². The minimum atomic E-state index is -3.46. The molecule has 6 nitrogen and oxygen atoms in total. The number of carbonyl (C=O) groups excluding carboxylic acids is 1. The third kappa shape index (κ3) is 7.03. The van der Waals surface area contributed by atoms with E-state index in [-0.39, 0.29) is 13.1 Å². The number of ether oxygens (including phenoxy) is 1. The molecule has 1 atom stereocenters. The highest BCUT2D eigenvalue weighted by Crippen LogP contribution is 2.31. The third-order valence-corrected chi connectivity index (χ3v) is 3.47.